The Balaban J connectivity index is 1.73. The Kier molecular flexibility index (Phi) is 6.53. The third kappa shape index (κ3) is 4.46. The lowest BCUT2D eigenvalue weighted by atomic mass is 10.0. The summed E-state index contributed by atoms with van der Waals surface area (Å²) in [6.45, 7) is 4.05. The van der Waals surface area contributed by atoms with E-state index in [9.17, 15) is 13.2 Å². The number of hydrogen-bond donors (Lipinski definition) is 2. The van der Waals surface area contributed by atoms with E-state index in [-0.39, 0.29) is 38.8 Å². The molecule has 4 rings (SSSR count). The average molecular weight is 518 g/mol. The van der Waals surface area contributed by atoms with Crippen molar-refractivity contribution in [1.82, 2.24) is 14.5 Å². The van der Waals surface area contributed by atoms with Gasteiger partial charge in [-0.1, -0.05) is 42.3 Å². The summed E-state index contributed by atoms with van der Waals surface area (Å²) < 4.78 is 30.1. The van der Waals surface area contributed by atoms with Crippen LogP contribution in [0.1, 0.15) is 42.2 Å². The fourth-order valence-corrected chi connectivity index (χ4v) is 5.42. The van der Waals surface area contributed by atoms with Crippen molar-refractivity contribution in [3.05, 3.63) is 76.2 Å². The van der Waals surface area contributed by atoms with Crippen LogP contribution in [-0.4, -0.2) is 28.7 Å². The maximum absolute atomic E-state index is 13.5. The molecule has 0 amide bonds. The van der Waals surface area contributed by atoms with Crippen LogP contribution in [0, 0.1) is 0 Å². The van der Waals surface area contributed by atoms with Gasteiger partial charge in [-0.3, -0.25) is 9.52 Å². The van der Waals surface area contributed by atoms with Crippen molar-refractivity contribution in [2.75, 3.05) is 10.5 Å². The third-order valence-corrected chi connectivity index (χ3v) is 7.61. The van der Waals surface area contributed by atoms with Gasteiger partial charge in [0.2, 0.25) is 0 Å². The molecule has 2 aromatic heterocycles. The van der Waals surface area contributed by atoms with Gasteiger partial charge >= 0.3 is 0 Å². The number of benzene rings is 2. The number of carbonyl (C=O) groups excluding carboxylic acids is 1. The van der Waals surface area contributed by atoms with Crippen molar-refractivity contribution in [3.63, 3.8) is 0 Å². The van der Waals surface area contributed by atoms with Crippen molar-refractivity contribution in [2.24, 2.45) is 0 Å². The van der Waals surface area contributed by atoms with E-state index < -0.39 is 10.0 Å². The molecule has 2 aromatic carbocycles. The number of ketones is 1. The maximum atomic E-state index is 13.5. The summed E-state index contributed by atoms with van der Waals surface area (Å²) in [7, 11) is -4.02. The van der Waals surface area contributed by atoms with Gasteiger partial charge in [-0.25, -0.2) is 18.4 Å². The predicted octanol–water partition coefficient (Wildman–Crippen LogP) is 5.32. The lowest BCUT2D eigenvalue weighted by molar-refractivity contribution is 0.104. The highest BCUT2D eigenvalue weighted by atomic mass is 35.5. The van der Waals surface area contributed by atoms with E-state index in [4.69, 9.17) is 28.9 Å². The molecule has 2 heterocycles. The molecule has 0 fully saturated rings. The third-order valence-electron chi connectivity index (χ3n) is 5.51. The molecule has 3 N–H and O–H groups in total. The highest BCUT2D eigenvalue weighted by molar-refractivity contribution is 7.92. The van der Waals surface area contributed by atoms with Crippen LogP contribution in [0.15, 0.2) is 59.9 Å². The molecule has 176 valence electrons. The molecule has 34 heavy (non-hydrogen) atoms. The molecule has 4 aromatic rings. The summed E-state index contributed by atoms with van der Waals surface area (Å²) >= 11 is 11.9. The number of nitrogens with one attached hydrogen (secondary N) is 1. The van der Waals surface area contributed by atoms with Gasteiger partial charge in [-0.15, -0.1) is 0 Å². The Hall–Kier alpha value is -3.14. The number of fused-ring (bicyclic) bond motifs is 1. The Labute approximate surface area is 206 Å². The summed E-state index contributed by atoms with van der Waals surface area (Å²) in [5, 5.41) is 0.767. The van der Waals surface area contributed by atoms with Crippen LogP contribution in [0.25, 0.3) is 11.0 Å². The van der Waals surface area contributed by atoms with E-state index in [0.717, 1.165) is 6.42 Å². The van der Waals surface area contributed by atoms with Gasteiger partial charge in [0, 0.05) is 28.5 Å². The molecule has 1 atom stereocenters. The van der Waals surface area contributed by atoms with Gasteiger partial charge in [-0.2, -0.15) is 0 Å². The van der Waals surface area contributed by atoms with Crippen LogP contribution in [0.5, 0.6) is 0 Å². The van der Waals surface area contributed by atoms with Gasteiger partial charge in [0.1, 0.15) is 22.7 Å². The van der Waals surface area contributed by atoms with Crippen LogP contribution in [0.4, 0.5) is 11.5 Å². The first-order valence-electron chi connectivity index (χ1n) is 10.4. The quantitative estimate of drug-likeness (QED) is 0.320. The Bertz CT molecular complexity index is 1520. The SMILES string of the molecule is CCC(C)n1cc(C(=O)c2cccc(NS(=O)(=O)c3ccc(Cl)cc3Cl)c2)c2c(N)ncnc21. The average Bonchev–Trinajstić information content (AvgIpc) is 3.18. The van der Waals surface area contributed by atoms with Crippen LogP contribution < -0.4 is 10.5 Å². The molecule has 0 saturated carbocycles. The van der Waals surface area contributed by atoms with Crippen LogP contribution >= 0.6 is 23.2 Å². The minimum absolute atomic E-state index is 0.0134. The Morgan fingerprint density at radius 3 is 2.65 bits per heavy atom. The van der Waals surface area contributed by atoms with Gasteiger partial charge in [0.05, 0.1) is 16.0 Å². The lowest BCUT2D eigenvalue weighted by Crippen LogP contribution is -2.14. The van der Waals surface area contributed by atoms with E-state index in [1.165, 1.54) is 36.7 Å². The lowest BCUT2D eigenvalue weighted by Gasteiger charge is -2.11. The van der Waals surface area contributed by atoms with Crippen LogP contribution in [0.2, 0.25) is 10.0 Å². The molecular formula is C23H21Cl2N5O3S. The van der Waals surface area contributed by atoms with Crippen LogP contribution in [-0.2, 0) is 10.0 Å². The second-order valence-electron chi connectivity index (χ2n) is 7.76. The summed E-state index contributed by atoms with van der Waals surface area (Å²) in [6.07, 6.45) is 3.91. The fraction of sp³-hybridized carbons (Fsp3) is 0.174. The number of hydrogen-bond acceptors (Lipinski definition) is 6. The normalized spacial score (nSPS) is 12.6. The van der Waals surface area contributed by atoms with Crippen LogP contribution in [0.3, 0.4) is 0 Å². The molecule has 0 spiro atoms. The first-order valence-corrected chi connectivity index (χ1v) is 12.6. The molecule has 0 radical (unpaired) electrons. The zero-order chi connectivity index (χ0) is 24.6. The molecule has 11 heteroatoms. The van der Waals surface area contributed by atoms with E-state index >= 15 is 0 Å². The second kappa shape index (κ2) is 9.25. The van der Waals surface area contributed by atoms with E-state index in [0.29, 0.717) is 21.6 Å². The molecule has 0 saturated heterocycles. The molecule has 0 bridgehead atoms. The first-order chi connectivity index (χ1) is 16.1. The number of aromatic nitrogens is 3. The monoisotopic (exact) mass is 517 g/mol. The summed E-state index contributed by atoms with van der Waals surface area (Å²) in [6, 6.07) is 10.4. The van der Waals surface area contributed by atoms with E-state index in [1.54, 1.807) is 18.3 Å². The highest BCUT2D eigenvalue weighted by Gasteiger charge is 2.23. The number of sulfonamides is 1. The molecule has 1 unspecified atom stereocenters. The van der Waals surface area contributed by atoms with Crippen molar-refractivity contribution >= 4 is 61.5 Å². The molecule has 0 aliphatic carbocycles. The predicted molar refractivity (Wildman–Crippen MR) is 134 cm³/mol. The number of halogens is 2. The van der Waals surface area contributed by atoms with Crippen molar-refractivity contribution in [3.8, 4) is 0 Å². The summed E-state index contributed by atoms with van der Waals surface area (Å²) in [5.74, 6) is -0.135. The fourth-order valence-electron chi connectivity index (χ4n) is 3.60. The van der Waals surface area contributed by atoms with E-state index in [2.05, 4.69) is 14.7 Å². The standard InChI is InChI=1S/C23H21Cl2N5O3S/c1-3-13(2)30-11-17(20-22(26)27-12-28-23(20)30)21(31)14-5-4-6-16(9-14)29-34(32,33)19-8-7-15(24)10-18(19)25/h4-13,29H,3H2,1-2H3,(H2,26,27,28). The largest absolute Gasteiger partial charge is 0.383 e. The second-order valence-corrected chi connectivity index (χ2v) is 10.2. The maximum Gasteiger partial charge on any atom is 0.263 e. The number of anilines is 2. The van der Waals surface area contributed by atoms with Gasteiger partial charge in [0.15, 0.2) is 5.78 Å². The Morgan fingerprint density at radius 1 is 1.18 bits per heavy atom. The molecule has 0 aliphatic rings. The minimum Gasteiger partial charge on any atom is -0.383 e. The summed E-state index contributed by atoms with van der Waals surface area (Å²) in [5.41, 5.74) is 7.48. The molecular weight excluding hydrogens is 497 g/mol. The van der Waals surface area contributed by atoms with E-state index in [1.807, 2.05) is 18.4 Å². The number of nitrogens with two attached hydrogens (primary N) is 1. The topological polar surface area (TPSA) is 120 Å². The number of carbonyl (C=O) groups is 1. The van der Waals surface area contributed by atoms with Crippen molar-refractivity contribution in [1.29, 1.82) is 0 Å². The number of nitrogens with zero attached hydrogens (tertiary/aromatic N) is 3. The first kappa shape index (κ1) is 24.0. The Morgan fingerprint density at radius 2 is 1.94 bits per heavy atom. The molecule has 0 aliphatic heterocycles. The zero-order valence-electron chi connectivity index (χ0n) is 18.3. The van der Waals surface area contributed by atoms with Gasteiger partial charge in [-0.05, 0) is 43.7 Å². The van der Waals surface area contributed by atoms with Gasteiger partial charge < -0.3 is 10.3 Å². The zero-order valence-corrected chi connectivity index (χ0v) is 20.6. The minimum atomic E-state index is -4.02. The van der Waals surface area contributed by atoms with Gasteiger partial charge in [0.25, 0.3) is 10.0 Å². The summed E-state index contributed by atoms with van der Waals surface area (Å²) in [4.78, 5) is 21.7. The number of nitrogen functional groups attached to an aromatic ring is 1. The smallest absolute Gasteiger partial charge is 0.263 e. The molecule has 8 nitrogen and oxygen atoms in total. The highest BCUT2D eigenvalue weighted by Crippen LogP contribution is 2.31. The van der Waals surface area contributed by atoms with Crippen molar-refractivity contribution in [2.45, 2.75) is 31.2 Å². The van der Waals surface area contributed by atoms with Crippen molar-refractivity contribution < 1.29 is 13.2 Å². The number of rotatable bonds is 7.